The lowest BCUT2D eigenvalue weighted by Crippen LogP contribution is -2.39. The zero-order chi connectivity index (χ0) is 12.4. The molecule has 0 amide bonds. The Hall–Kier alpha value is 0.310. The number of hydrogen-bond acceptors (Lipinski definition) is 2. The maximum Gasteiger partial charge on any atom is 0.0127 e. The minimum Gasteiger partial charge on any atom is -0.315 e. The molecule has 0 aliphatic heterocycles. The van der Waals surface area contributed by atoms with Crippen molar-refractivity contribution >= 4 is 12.6 Å². The zero-order valence-corrected chi connectivity index (χ0v) is 12.5. The molecule has 0 aromatic heterocycles. The first kappa shape index (κ1) is 19.8. The Morgan fingerprint density at radius 2 is 1.21 bits per heavy atom. The summed E-state index contributed by atoms with van der Waals surface area (Å²) in [5, 5.41) is 3.30. The van der Waals surface area contributed by atoms with E-state index in [0.717, 1.165) is 0 Å². The van der Waals surface area contributed by atoms with Gasteiger partial charge in [0.05, 0.1) is 0 Å². The van der Waals surface area contributed by atoms with Gasteiger partial charge in [0.15, 0.2) is 0 Å². The van der Waals surface area contributed by atoms with Gasteiger partial charge in [-0.3, -0.25) is 0 Å². The average Bonchev–Trinajstić information content (AvgIpc) is 2.08. The van der Waals surface area contributed by atoms with E-state index in [1.54, 1.807) is 6.26 Å². The first-order valence-electron chi connectivity index (χ1n) is 5.40. The van der Waals surface area contributed by atoms with E-state index in [2.05, 4.69) is 52.6 Å². The predicted octanol–water partition coefficient (Wildman–Crippen LogP) is 3.99. The highest BCUT2D eigenvalue weighted by molar-refractivity contribution is 7.79. The van der Waals surface area contributed by atoms with Crippen LogP contribution in [0.5, 0.6) is 0 Å². The van der Waals surface area contributed by atoms with Crippen molar-refractivity contribution in [2.24, 2.45) is 5.41 Å². The molecule has 0 bridgehead atoms. The van der Waals surface area contributed by atoms with Crippen LogP contribution < -0.4 is 5.32 Å². The van der Waals surface area contributed by atoms with Gasteiger partial charge in [-0.2, -0.15) is 12.6 Å². The fraction of sp³-hybridized carbons (Fsp3) is 1.00. The molecule has 2 heteroatoms. The first-order valence-corrected chi connectivity index (χ1v) is 6.30. The van der Waals surface area contributed by atoms with Gasteiger partial charge in [0.2, 0.25) is 0 Å². The van der Waals surface area contributed by atoms with Gasteiger partial charge in [-0.15, -0.1) is 0 Å². The molecule has 0 fully saturated rings. The van der Waals surface area contributed by atoms with Gasteiger partial charge in [-0.25, -0.2) is 0 Å². The third kappa shape index (κ3) is 18.2. The van der Waals surface area contributed by atoms with Gasteiger partial charge in [0.1, 0.15) is 0 Å². The molecule has 0 atom stereocenters. The highest BCUT2D eigenvalue weighted by Gasteiger charge is 2.22. The SMILES string of the molecule is CC.CNC(C)(C)CC(C)(C)C.CS. The molecule has 0 aromatic rings. The van der Waals surface area contributed by atoms with E-state index in [-0.39, 0.29) is 5.54 Å². The van der Waals surface area contributed by atoms with Crippen LogP contribution in [0.3, 0.4) is 0 Å². The van der Waals surface area contributed by atoms with Gasteiger partial charge in [0, 0.05) is 5.54 Å². The van der Waals surface area contributed by atoms with Crippen molar-refractivity contribution in [1.29, 1.82) is 0 Å². The summed E-state index contributed by atoms with van der Waals surface area (Å²) in [6, 6.07) is 0. The van der Waals surface area contributed by atoms with E-state index in [0.29, 0.717) is 5.41 Å². The fourth-order valence-corrected chi connectivity index (χ4v) is 1.41. The zero-order valence-electron chi connectivity index (χ0n) is 11.7. The van der Waals surface area contributed by atoms with Gasteiger partial charge in [0.25, 0.3) is 0 Å². The van der Waals surface area contributed by atoms with E-state index in [1.807, 2.05) is 20.9 Å². The molecule has 0 aliphatic rings. The largest absolute Gasteiger partial charge is 0.315 e. The summed E-state index contributed by atoms with van der Waals surface area (Å²) >= 11 is 3.53. The minimum atomic E-state index is 0.276. The normalized spacial score (nSPS) is 10.7. The van der Waals surface area contributed by atoms with Crippen molar-refractivity contribution in [1.82, 2.24) is 5.32 Å². The monoisotopic (exact) mass is 221 g/mol. The Morgan fingerprint density at radius 3 is 1.29 bits per heavy atom. The molecular weight excluding hydrogens is 190 g/mol. The summed E-state index contributed by atoms with van der Waals surface area (Å²) in [5.74, 6) is 0. The van der Waals surface area contributed by atoms with Gasteiger partial charge in [-0.05, 0) is 39.0 Å². The van der Waals surface area contributed by atoms with Crippen LogP contribution in [0, 0.1) is 5.41 Å². The summed E-state index contributed by atoms with van der Waals surface area (Å²) in [7, 11) is 2.02. The lowest BCUT2D eigenvalue weighted by molar-refractivity contribution is 0.254. The van der Waals surface area contributed by atoms with E-state index < -0.39 is 0 Å². The van der Waals surface area contributed by atoms with Crippen LogP contribution in [0.15, 0.2) is 0 Å². The summed E-state index contributed by atoms with van der Waals surface area (Å²) < 4.78 is 0. The quantitative estimate of drug-likeness (QED) is 0.672. The Morgan fingerprint density at radius 1 is 0.929 bits per heavy atom. The van der Waals surface area contributed by atoms with E-state index in [1.165, 1.54) is 6.42 Å². The second-order valence-corrected chi connectivity index (χ2v) is 4.87. The Bertz CT molecular complexity index is 103. The van der Waals surface area contributed by atoms with Gasteiger partial charge < -0.3 is 5.32 Å². The smallest absolute Gasteiger partial charge is 0.0127 e. The van der Waals surface area contributed by atoms with E-state index in [9.17, 15) is 0 Å². The molecule has 0 aromatic carbocycles. The van der Waals surface area contributed by atoms with Crippen molar-refractivity contribution < 1.29 is 0 Å². The Kier molecular flexibility index (Phi) is 13.9. The molecule has 0 heterocycles. The van der Waals surface area contributed by atoms with Gasteiger partial charge >= 0.3 is 0 Å². The highest BCUT2D eigenvalue weighted by atomic mass is 32.1. The second kappa shape index (κ2) is 9.85. The Labute approximate surface area is 97.5 Å². The molecule has 0 radical (unpaired) electrons. The minimum absolute atomic E-state index is 0.276. The number of rotatable bonds is 2. The standard InChI is InChI=1S/C9H21N.C2H6.CH4S/c1-8(2,3)7-9(4,5)10-6;2*1-2/h10H,7H2,1-6H3;1-2H3;2H,1H3. The van der Waals surface area contributed by atoms with Crippen LogP contribution in [-0.2, 0) is 0 Å². The molecule has 0 aliphatic carbocycles. The van der Waals surface area contributed by atoms with Crippen molar-refractivity contribution in [3.8, 4) is 0 Å². The maximum absolute atomic E-state index is 3.53. The van der Waals surface area contributed by atoms with Crippen LogP contribution in [-0.4, -0.2) is 18.8 Å². The first-order chi connectivity index (χ1) is 6.27. The molecule has 0 rings (SSSR count). The van der Waals surface area contributed by atoms with Crippen molar-refractivity contribution in [3.05, 3.63) is 0 Å². The molecule has 1 N–H and O–H groups in total. The molecule has 0 saturated heterocycles. The van der Waals surface area contributed by atoms with Crippen molar-refractivity contribution in [3.63, 3.8) is 0 Å². The van der Waals surface area contributed by atoms with Crippen LogP contribution >= 0.6 is 12.6 Å². The maximum atomic E-state index is 3.53. The summed E-state index contributed by atoms with van der Waals surface area (Å²) in [6.07, 6.45) is 2.90. The summed E-state index contributed by atoms with van der Waals surface area (Å²) in [6.45, 7) is 15.3. The third-order valence-electron chi connectivity index (χ3n) is 1.65. The molecule has 1 nitrogen and oxygen atoms in total. The topological polar surface area (TPSA) is 12.0 Å². The van der Waals surface area contributed by atoms with Crippen molar-refractivity contribution in [2.45, 2.75) is 60.4 Å². The lowest BCUT2D eigenvalue weighted by atomic mass is 9.82. The predicted molar refractivity (Wildman–Crippen MR) is 73.5 cm³/mol. The molecule has 14 heavy (non-hydrogen) atoms. The summed E-state index contributed by atoms with van der Waals surface area (Å²) in [5.41, 5.74) is 0.699. The van der Waals surface area contributed by atoms with Crippen LogP contribution in [0.2, 0.25) is 0 Å². The molecule has 0 spiro atoms. The number of nitrogens with one attached hydrogen (secondary N) is 1. The molecule has 90 valence electrons. The number of thiol groups is 1. The number of hydrogen-bond donors (Lipinski definition) is 2. The molecule has 0 saturated carbocycles. The Balaban J connectivity index is -0.000000266. The van der Waals surface area contributed by atoms with Crippen LogP contribution in [0.25, 0.3) is 0 Å². The van der Waals surface area contributed by atoms with Gasteiger partial charge in [-0.1, -0.05) is 34.6 Å². The molecular formula is C12H31NS. The third-order valence-corrected chi connectivity index (χ3v) is 1.65. The highest BCUT2D eigenvalue weighted by Crippen LogP contribution is 2.26. The van der Waals surface area contributed by atoms with E-state index >= 15 is 0 Å². The fourth-order valence-electron chi connectivity index (χ4n) is 1.41. The molecule has 0 unspecified atom stereocenters. The van der Waals surface area contributed by atoms with Crippen molar-refractivity contribution in [2.75, 3.05) is 13.3 Å². The van der Waals surface area contributed by atoms with E-state index in [4.69, 9.17) is 0 Å². The summed E-state index contributed by atoms with van der Waals surface area (Å²) in [4.78, 5) is 0. The lowest BCUT2D eigenvalue weighted by Gasteiger charge is -2.31. The van der Waals surface area contributed by atoms with Crippen LogP contribution in [0.1, 0.15) is 54.9 Å². The average molecular weight is 221 g/mol. The van der Waals surface area contributed by atoms with Crippen LogP contribution in [0.4, 0.5) is 0 Å². The second-order valence-electron chi connectivity index (χ2n) is 4.87.